The van der Waals surface area contributed by atoms with Crippen LogP contribution in [0.25, 0.3) is 0 Å². The molecular weight excluding hydrogens is 458 g/mol. The zero-order valence-corrected chi connectivity index (χ0v) is 21.7. The summed E-state index contributed by atoms with van der Waals surface area (Å²) >= 11 is 0. The van der Waals surface area contributed by atoms with Crippen molar-refractivity contribution in [3.63, 3.8) is 0 Å². The van der Waals surface area contributed by atoms with Gasteiger partial charge in [-0.2, -0.15) is 0 Å². The number of benzene rings is 1. The van der Waals surface area contributed by atoms with E-state index in [0.29, 0.717) is 18.8 Å². The molecule has 194 valence electrons. The molecular formula is C27H37N5O4. The number of nitrogens with two attached hydrogens (primary N) is 1. The maximum atomic E-state index is 13.2. The van der Waals surface area contributed by atoms with Crippen molar-refractivity contribution in [2.75, 3.05) is 12.3 Å². The molecule has 1 aliphatic heterocycles. The number of carbonyl (C=O) groups is 3. The molecule has 3 amide bonds. The minimum atomic E-state index is -0.784. The van der Waals surface area contributed by atoms with Gasteiger partial charge in [-0.15, -0.1) is 0 Å². The van der Waals surface area contributed by atoms with Gasteiger partial charge in [0.2, 0.25) is 11.8 Å². The zero-order valence-electron chi connectivity index (χ0n) is 21.7. The number of hydrogen-bond acceptors (Lipinski definition) is 6. The number of nitrogen functional groups attached to an aromatic ring is 1. The van der Waals surface area contributed by atoms with Crippen LogP contribution in [0.2, 0.25) is 0 Å². The third-order valence-electron chi connectivity index (χ3n) is 6.11. The molecule has 1 aliphatic rings. The summed E-state index contributed by atoms with van der Waals surface area (Å²) in [5, 5.41) is 5.60. The number of likely N-dealkylation sites (tertiary alicyclic amines) is 1. The highest BCUT2D eigenvalue weighted by atomic mass is 16.6. The maximum absolute atomic E-state index is 13.2. The molecule has 9 heteroatoms. The van der Waals surface area contributed by atoms with E-state index in [0.717, 1.165) is 23.2 Å². The fraction of sp³-hybridized carbons (Fsp3) is 0.481. The van der Waals surface area contributed by atoms with Crippen molar-refractivity contribution >= 4 is 23.7 Å². The lowest BCUT2D eigenvalue weighted by Gasteiger charge is -2.28. The van der Waals surface area contributed by atoms with Crippen LogP contribution in [0.15, 0.2) is 42.5 Å². The first kappa shape index (κ1) is 27.0. The van der Waals surface area contributed by atoms with Crippen molar-refractivity contribution in [2.45, 2.75) is 71.7 Å². The largest absolute Gasteiger partial charge is 0.444 e. The first-order chi connectivity index (χ1) is 16.9. The van der Waals surface area contributed by atoms with Crippen molar-refractivity contribution < 1.29 is 19.1 Å². The van der Waals surface area contributed by atoms with Crippen molar-refractivity contribution in [3.05, 3.63) is 59.3 Å². The van der Waals surface area contributed by atoms with Crippen LogP contribution in [0.5, 0.6) is 0 Å². The molecule has 2 heterocycles. The highest BCUT2D eigenvalue weighted by molar-refractivity contribution is 5.91. The van der Waals surface area contributed by atoms with E-state index in [9.17, 15) is 14.4 Å². The topological polar surface area (TPSA) is 127 Å². The number of rotatable bonds is 7. The summed E-state index contributed by atoms with van der Waals surface area (Å²) in [4.78, 5) is 44.5. The Morgan fingerprint density at radius 3 is 2.50 bits per heavy atom. The minimum Gasteiger partial charge on any atom is -0.444 e. The molecule has 36 heavy (non-hydrogen) atoms. The summed E-state index contributed by atoms with van der Waals surface area (Å²) in [5.74, 6) is -0.188. The standard InChI is InChI=1S/C27H37N5O4/c1-17-21(11-12-23(28)30-17)15-29-24(33)18(2)31-25(34)22-14-20(13-19-9-7-6-8-10-19)16-32(22)26(35)36-27(3,4)5/h6-12,18,20,22H,13-16H2,1-5H3,(H2,28,30)(H,29,33)(H,31,34)/t18-,20-,22+/m0/s1. The molecule has 0 saturated carbocycles. The molecule has 0 aliphatic carbocycles. The van der Waals surface area contributed by atoms with Gasteiger partial charge in [-0.1, -0.05) is 36.4 Å². The summed E-state index contributed by atoms with van der Waals surface area (Å²) in [6.45, 7) is 9.50. The van der Waals surface area contributed by atoms with E-state index in [1.807, 2.05) is 43.3 Å². The number of carbonyl (C=O) groups excluding carboxylic acids is 3. The number of nitrogens with zero attached hydrogens (tertiary/aromatic N) is 2. The van der Waals surface area contributed by atoms with Gasteiger partial charge >= 0.3 is 6.09 Å². The smallest absolute Gasteiger partial charge is 0.410 e. The molecule has 1 aromatic carbocycles. The monoisotopic (exact) mass is 495 g/mol. The van der Waals surface area contributed by atoms with Crippen molar-refractivity contribution in [1.82, 2.24) is 20.5 Å². The molecule has 1 aromatic heterocycles. The number of pyridine rings is 1. The molecule has 9 nitrogen and oxygen atoms in total. The molecule has 0 radical (unpaired) electrons. The maximum Gasteiger partial charge on any atom is 0.410 e. The lowest BCUT2D eigenvalue weighted by atomic mass is 9.96. The van der Waals surface area contributed by atoms with E-state index in [4.69, 9.17) is 10.5 Å². The van der Waals surface area contributed by atoms with Gasteiger partial charge in [0.25, 0.3) is 0 Å². The number of hydrogen-bond donors (Lipinski definition) is 3. The van der Waals surface area contributed by atoms with Gasteiger partial charge in [0, 0.05) is 18.8 Å². The van der Waals surface area contributed by atoms with Crippen LogP contribution in [-0.2, 0) is 27.3 Å². The summed E-state index contributed by atoms with van der Waals surface area (Å²) in [7, 11) is 0. The first-order valence-corrected chi connectivity index (χ1v) is 12.3. The summed E-state index contributed by atoms with van der Waals surface area (Å²) in [6, 6.07) is 12.0. The van der Waals surface area contributed by atoms with Crippen molar-refractivity contribution in [3.8, 4) is 0 Å². The number of amides is 3. The zero-order chi connectivity index (χ0) is 26.5. The van der Waals surface area contributed by atoms with E-state index >= 15 is 0 Å². The van der Waals surface area contributed by atoms with Crippen molar-refractivity contribution in [1.29, 1.82) is 0 Å². The van der Waals surface area contributed by atoms with E-state index in [1.54, 1.807) is 33.8 Å². The SMILES string of the molecule is Cc1nc(N)ccc1CNC(=O)[C@H](C)NC(=O)[C@H]1C[C@H](Cc2ccccc2)CN1C(=O)OC(C)(C)C. The van der Waals surface area contributed by atoms with Crippen LogP contribution in [0.3, 0.4) is 0 Å². The van der Waals surface area contributed by atoms with Crippen LogP contribution >= 0.6 is 0 Å². The minimum absolute atomic E-state index is 0.0980. The fourth-order valence-electron chi connectivity index (χ4n) is 4.30. The van der Waals surface area contributed by atoms with Crippen LogP contribution in [-0.4, -0.2) is 52.0 Å². The average Bonchev–Trinajstić information content (AvgIpc) is 3.22. The summed E-state index contributed by atoms with van der Waals surface area (Å²) in [6.07, 6.45) is 0.709. The van der Waals surface area contributed by atoms with Gasteiger partial charge in [0.05, 0.1) is 0 Å². The van der Waals surface area contributed by atoms with Crippen LogP contribution in [0, 0.1) is 12.8 Å². The van der Waals surface area contributed by atoms with Gasteiger partial charge in [-0.25, -0.2) is 9.78 Å². The van der Waals surface area contributed by atoms with Gasteiger partial charge in [-0.3, -0.25) is 14.5 Å². The van der Waals surface area contributed by atoms with Gasteiger partial charge in [0.1, 0.15) is 23.5 Å². The van der Waals surface area contributed by atoms with E-state index in [-0.39, 0.29) is 24.3 Å². The molecule has 0 unspecified atom stereocenters. The first-order valence-electron chi connectivity index (χ1n) is 12.3. The summed E-state index contributed by atoms with van der Waals surface area (Å²) in [5.41, 5.74) is 7.72. The Kier molecular flexibility index (Phi) is 8.55. The Hall–Kier alpha value is -3.62. The Morgan fingerprint density at radius 2 is 1.86 bits per heavy atom. The van der Waals surface area contributed by atoms with Crippen molar-refractivity contribution in [2.24, 2.45) is 5.92 Å². The molecule has 1 saturated heterocycles. The number of anilines is 1. The lowest BCUT2D eigenvalue weighted by molar-refractivity contribution is -0.131. The lowest BCUT2D eigenvalue weighted by Crippen LogP contribution is -2.52. The number of aryl methyl sites for hydroxylation is 1. The van der Waals surface area contributed by atoms with E-state index in [1.165, 1.54) is 4.90 Å². The third-order valence-corrected chi connectivity index (χ3v) is 6.11. The van der Waals surface area contributed by atoms with Crippen LogP contribution in [0.1, 0.15) is 50.9 Å². The Balaban J connectivity index is 1.64. The summed E-state index contributed by atoms with van der Waals surface area (Å²) < 4.78 is 5.57. The van der Waals surface area contributed by atoms with Gasteiger partial charge in [0.15, 0.2) is 0 Å². The molecule has 2 aromatic rings. The second-order valence-corrected chi connectivity index (χ2v) is 10.4. The van der Waals surface area contributed by atoms with Crippen LogP contribution < -0.4 is 16.4 Å². The Morgan fingerprint density at radius 1 is 1.17 bits per heavy atom. The Labute approximate surface area is 212 Å². The second-order valence-electron chi connectivity index (χ2n) is 10.4. The molecule has 3 atom stereocenters. The fourth-order valence-corrected chi connectivity index (χ4v) is 4.30. The number of aromatic nitrogens is 1. The second kappa shape index (κ2) is 11.4. The van der Waals surface area contributed by atoms with Gasteiger partial charge in [-0.05, 0) is 70.6 Å². The molecule has 0 spiro atoms. The Bertz CT molecular complexity index is 1080. The molecule has 0 bridgehead atoms. The predicted octanol–water partition coefficient (Wildman–Crippen LogP) is 2.96. The highest BCUT2D eigenvalue weighted by Crippen LogP contribution is 2.28. The number of nitrogens with one attached hydrogen (secondary N) is 2. The average molecular weight is 496 g/mol. The molecule has 3 rings (SSSR count). The molecule has 1 fully saturated rings. The van der Waals surface area contributed by atoms with E-state index < -0.39 is 23.8 Å². The van der Waals surface area contributed by atoms with E-state index in [2.05, 4.69) is 15.6 Å². The van der Waals surface area contributed by atoms with Gasteiger partial charge < -0.3 is 21.1 Å². The molecule has 4 N–H and O–H groups in total. The third kappa shape index (κ3) is 7.44. The highest BCUT2D eigenvalue weighted by Gasteiger charge is 2.42. The quantitative estimate of drug-likeness (QED) is 0.542. The predicted molar refractivity (Wildman–Crippen MR) is 138 cm³/mol. The van der Waals surface area contributed by atoms with Crippen LogP contribution in [0.4, 0.5) is 10.6 Å². The normalized spacial score (nSPS) is 18.4. The number of ether oxygens (including phenoxy) is 1.